The predicted molar refractivity (Wildman–Crippen MR) is 104 cm³/mol. The minimum absolute atomic E-state index is 0.165. The molecule has 0 amide bonds. The zero-order chi connectivity index (χ0) is 19.9. The fourth-order valence-electron chi connectivity index (χ4n) is 3.30. The Bertz CT molecular complexity index is 1110. The lowest BCUT2D eigenvalue weighted by atomic mass is 10.00. The van der Waals surface area contributed by atoms with Gasteiger partial charge in [-0.2, -0.15) is 9.29 Å². The summed E-state index contributed by atoms with van der Waals surface area (Å²) < 4.78 is 38.5. The molecule has 4 rings (SSSR count). The van der Waals surface area contributed by atoms with E-state index in [4.69, 9.17) is 20.5 Å². The van der Waals surface area contributed by atoms with Crippen LogP contribution in [0, 0.1) is 13.8 Å². The molecule has 3 heterocycles. The van der Waals surface area contributed by atoms with E-state index in [2.05, 4.69) is 10.1 Å². The zero-order valence-corrected chi connectivity index (χ0v) is 17.1. The molecule has 1 aliphatic rings. The zero-order valence-electron chi connectivity index (χ0n) is 15.6. The summed E-state index contributed by atoms with van der Waals surface area (Å²) in [7, 11) is -3.64. The fraction of sp³-hybridized carbons (Fsp3) is 0.368. The molecular weight excluding hydrogens is 402 g/mol. The van der Waals surface area contributed by atoms with Crippen LogP contribution in [0.4, 0.5) is 0 Å². The van der Waals surface area contributed by atoms with Crippen LogP contribution >= 0.6 is 11.6 Å². The highest BCUT2D eigenvalue weighted by Crippen LogP contribution is 2.31. The maximum absolute atomic E-state index is 13.0. The monoisotopic (exact) mass is 421 g/mol. The predicted octanol–water partition coefficient (Wildman–Crippen LogP) is 4.17. The van der Waals surface area contributed by atoms with Gasteiger partial charge in [-0.15, -0.1) is 0 Å². The van der Waals surface area contributed by atoms with Gasteiger partial charge in [-0.25, -0.2) is 8.42 Å². The Kier molecular flexibility index (Phi) is 5.03. The van der Waals surface area contributed by atoms with Crippen molar-refractivity contribution in [1.29, 1.82) is 0 Å². The van der Waals surface area contributed by atoms with Crippen molar-refractivity contribution in [2.24, 2.45) is 0 Å². The first-order chi connectivity index (χ1) is 13.3. The Balaban J connectivity index is 1.56. The first-order valence-electron chi connectivity index (χ1n) is 9.01. The molecule has 1 fully saturated rings. The molecule has 0 spiro atoms. The van der Waals surface area contributed by atoms with E-state index in [-0.39, 0.29) is 17.4 Å². The molecule has 1 unspecified atom stereocenters. The molecular formula is C19H20ClN3O4S. The summed E-state index contributed by atoms with van der Waals surface area (Å²) in [5.41, 5.74) is 0.837. The summed E-state index contributed by atoms with van der Waals surface area (Å²) in [6, 6.07) is 8.41. The molecule has 0 saturated carbocycles. The summed E-state index contributed by atoms with van der Waals surface area (Å²) >= 11 is 6.12. The summed E-state index contributed by atoms with van der Waals surface area (Å²) in [5, 5.41) is 4.41. The van der Waals surface area contributed by atoms with E-state index >= 15 is 0 Å². The van der Waals surface area contributed by atoms with Crippen LogP contribution in [0.2, 0.25) is 5.02 Å². The number of hydrogen-bond donors (Lipinski definition) is 0. The molecule has 0 bridgehead atoms. The average Bonchev–Trinajstić information content (AvgIpc) is 3.33. The summed E-state index contributed by atoms with van der Waals surface area (Å²) in [6.45, 7) is 4.41. The molecule has 1 atom stereocenters. The number of furan rings is 1. The first-order valence-corrected chi connectivity index (χ1v) is 10.8. The highest BCUT2D eigenvalue weighted by atomic mass is 35.5. The number of piperidine rings is 1. The van der Waals surface area contributed by atoms with Crippen molar-refractivity contribution in [3.05, 3.63) is 52.6 Å². The van der Waals surface area contributed by atoms with Gasteiger partial charge in [0.2, 0.25) is 21.7 Å². The number of halogens is 1. The van der Waals surface area contributed by atoms with Gasteiger partial charge >= 0.3 is 0 Å². The van der Waals surface area contributed by atoms with Crippen LogP contribution in [-0.2, 0) is 10.0 Å². The molecule has 0 aliphatic carbocycles. The van der Waals surface area contributed by atoms with Gasteiger partial charge in [0.25, 0.3) is 0 Å². The first kappa shape index (κ1) is 19.2. The third kappa shape index (κ3) is 3.59. The maximum Gasteiger partial charge on any atom is 0.243 e. The van der Waals surface area contributed by atoms with Crippen LogP contribution < -0.4 is 0 Å². The quantitative estimate of drug-likeness (QED) is 0.628. The Morgan fingerprint density at radius 1 is 1.21 bits per heavy atom. The second kappa shape index (κ2) is 7.35. The minimum atomic E-state index is -3.64. The number of aryl methyl sites for hydroxylation is 2. The normalized spacial score (nSPS) is 18.5. The molecule has 7 nitrogen and oxygen atoms in total. The van der Waals surface area contributed by atoms with Crippen molar-refractivity contribution in [3.63, 3.8) is 0 Å². The largest absolute Gasteiger partial charge is 0.458 e. The van der Waals surface area contributed by atoms with Gasteiger partial charge in [0.15, 0.2) is 5.76 Å². The van der Waals surface area contributed by atoms with Gasteiger partial charge < -0.3 is 8.94 Å². The average molecular weight is 422 g/mol. The van der Waals surface area contributed by atoms with E-state index in [0.29, 0.717) is 35.5 Å². The van der Waals surface area contributed by atoms with Crippen LogP contribution in [0.1, 0.15) is 36.0 Å². The molecule has 28 heavy (non-hydrogen) atoms. The van der Waals surface area contributed by atoms with Crippen molar-refractivity contribution in [3.8, 4) is 11.6 Å². The summed E-state index contributed by atoms with van der Waals surface area (Å²) in [5.74, 6) is 1.91. The smallest absolute Gasteiger partial charge is 0.243 e. The molecule has 9 heteroatoms. The van der Waals surface area contributed by atoms with E-state index in [1.165, 1.54) is 10.4 Å². The summed E-state index contributed by atoms with van der Waals surface area (Å²) in [4.78, 5) is 4.61. The minimum Gasteiger partial charge on any atom is -0.458 e. The highest BCUT2D eigenvalue weighted by Gasteiger charge is 2.33. The Labute approximate surface area is 168 Å². The number of aromatic nitrogens is 2. The van der Waals surface area contributed by atoms with Crippen LogP contribution in [0.15, 0.2) is 44.2 Å². The number of rotatable bonds is 4. The van der Waals surface area contributed by atoms with Crippen LogP contribution in [0.5, 0.6) is 0 Å². The Morgan fingerprint density at radius 3 is 2.75 bits per heavy atom. The van der Waals surface area contributed by atoms with E-state index in [0.717, 1.165) is 17.7 Å². The number of benzene rings is 1. The molecule has 148 valence electrons. The third-order valence-electron chi connectivity index (χ3n) is 4.92. The topological polar surface area (TPSA) is 89.4 Å². The van der Waals surface area contributed by atoms with Gasteiger partial charge in [-0.05, 0) is 56.5 Å². The lowest BCUT2D eigenvalue weighted by Gasteiger charge is -2.30. The highest BCUT2D eigenvalue weighted by molar-refractivity contribution is 7.89. The van der Waals surface area contributed by atoms with Crippen molar-refractivity contribution < 1.29 is 17.4 Å². The van der Waals surface area contributed by atoms with Crippen molar-refractivity contribution in [1.82, 2.24) is 14.4 Å². The molecule has 3 aromatic rings. The molecule has 2 aromatic heterocycles. The number of nitrogens with zero attached hydrogens (tertiary/aromatic N) is 3. The third-order valence-corrected chi connectivity index (χ3v) is 7.19. The van der Waals surface area contributed by atoms with E-state index < -0.39 is 10.0 Å². The molecule has 1 saturated heterocycles. The summed E-state index contributed by atoms with van der Waals surface area (Å²) in [6.07, 6.45) is 1.49. The Hall–Kier alpha value is -2.16. The van der Waals surface area contributed by atoms with Crippen LogP contribution in [0.25, 0.3) is 11.6 Å². The van der Waals surface area contributed by atoms with Gasteiger partial charge in [0.1, 0.15) is 5.76 Å². The van der Waals surface area contributed by atoms with Crippen molar-refractivity contribution >= 4 is 21.6 Å². The lowest BCUT2D eigenvalue weighted by Crippen LogP contribution is -2.39. The van der Waals surface area contributed by atoms with Crippen LogP contribution in [0.3, 0.4) is 0 Å². The van der Waals surface area contributed by atoms with Crippen molar-refractivity contribution in [2.45, 2.75) is 37.5 Å². The molecule has 0 N–H and O–H groups in total. The maximum atomic E-state index is 13.0. The van der Waals surface area contributed by atoms with Crippen molar-refractivity contribution in [2.75, 3.05) is 13.1 Å². The number of sulfonamides is 1. The second-order valence-corrected chi connectivity index (χ2v) is 9.32. The SMILES string of the molecule is Cc1ccc(-c2noc(C3CCCN(S(=O)(=O)c4ccc(C)c(Cl)c4)C3)n2)o1. The fourth-order valence-corrected chi connectivity index (χ4v) is 5.10. The Morgan fingerprint density at radius 2 is 2.04 bits per heavy atom. The van der Waals surface area contributed by atoms with Gasteiger partial charge in [0, 0.05) is 18.1 Å². The molecule has 1 aromatic carbocycles. The molecule has 1 aliphatic heterocycles. The van der Waals surface area contributed by atoms with E-state index in [1.807, 2.05) is 19.9 Å². The number of hydrogen-bond acceptors (Lipinski definition) is 6. The second-order valence-electron chi connectivity index (χ2n) is 6.98. The van der Waals surface area contributed by atoms with Gasteiger partial charge in [-0.3, -0.25) is 0 Å². The van der Waals surface area contributed by atoms with Crippen LogP contribution in [-0.4, -0.2) is 36.0 Å². The van der Waals surface area contributed by atoms with E-state index in [1.54, 1.807) is 18.2 Å². The lowest BCUT2D eigenvalue weighted by molar-refractivity contribution is 0.265. The van der Waals surface area contributed by atoms with Gasteiger partial charge in [0.05, 0.1) is 10.8 Å². The molecule has 0 radical (unpaired) electrons. The standard InChI is InChI=1S/C19H20ClN3O4S/c1-12-5-7-15(10-16(12)20)28(24,25)23-9-3-4-14(11-23)19-21-18(22-27-19)17-8-6-13(2)26-17/h5-8,10,14H,3-4,9,11H2,1-2H3. The van der Waals surface area contributed by atoms with Gasteiger partial charge in [-0.1, -0.05) is 22.8 Å². The van der Waals surface area contributed by atoms with E-state index in [9.17, 15) is 8.42 Å².